The molecule has 0 aliphatic carbocycles. The Labute approximate surface area is 136 Å². The van der Waals surface area contributed by atoms with Crippen molar-refractivity contribution in [3.05, 3.63) is 57.6 Å². The van der Waals surface area contributed by atoms with E-state index in [1.165, 1.54) is 13.3 Å². The zero-order valence-corrected chi connectivity index (χ0v) is 13.7. The summed E-state index contributed by atoms with van der Waals surface area (Å²) in [6, 6.07) is 10.5. The number of hydrogen-bond donors (Lipinski definition) is 2. The van der Waals surface area contributed by atoms with Crippen LogP contribution < -0.4 is 10.2 Å². The molecule has 114 valence electrons. The number of halogens is 1. The summed E-state index contributed by atoms with van der Waals surface area (Å²) in [4.78, 5) is 11.9. The van der Waals surface area contributed by atoms with Gasteiger partial charge in [0, 0.05) is 5.56 Å². The number of benzene rings is 2. The maximum Gasteiger partial charge on any atom is 0.271 e. The number of rotatable bonds is 4. The highest BCUT2D eigenvalue weighted by molar-refractivity contribution is 9.10. The third kappa shape index (κ3) is 3.85. The summed E-state index contributed by atoms with van der Waals surface area (Å²) >= 11 is 3.22. The summed E-state index contributed by atoms with van der Waals surface area (Å²) < 4.78 is 5.53. The maximum absolute atomic E-state index is 11.9. The predicted octanol–water partition coefficient (Wildman–Crippen LogP) is 3.24. The van der Waals surface area contributed by atoms with Crippen LogP contribution in [0.1, 0.15) is 21.5 Å². The number of carbonyl (C=O) groups excluding carboxylic acids is 1. The minimum absolute atomic E-state index is 0.0170. The van der Waals surface area contributed by atoms with E-state index in [9.17, 15) is 9.90 Å². The van der Waals surface area contributed by atoms with Gasteiger partial charge in [0.15, 0.2) is 11.5 Å². The van der Waals surface area contributed by atoms with E-state index in [4.69, 9.17) is 4.74 Å². The molecule has 0 bridgehead atoms. The van der Waals surface area contributed by atoms with Crippen LogP contribution in [0.4, 0.5) is 0 Å². The Morgan fingerprint density at radius 1 is 1.32 bits per heavy atom. The summed E-state index contributed by atoms with van der Waals surface area (Å²) in [6.45, 7) is 1.95. The highest BCUT2D eigenvalue weighted by atomic mass is 79.9. The molecular weight excluding hydrogens is 348 g/mol. The van der Waals surface area contributed by atoms with E-state index in [2.05, 4.69) is 26.5 Å². The average Bonchev–Trinajstić information content (AvgIpc) is 2.51. The summed E-state index contributed by atoms with van der Waals surface area (Å²) in [5, 5.41) is 13.6. The zero-order chi connectivity index (χ0) is 16.1. The van der Waals surface area contributed by atoms with Gasteiger partial charge in [0.05, 0.1) is 17.8 Å². The Kier molecular flexibility index (Phi) is 5.16. The quantitative estimate of drug-likeness (QED) is 0.647. The van der Waals surface area contributed by atoms with Crippen molar-refractivity contribution in [3.8, 4) is 11.5 Å². The van der Waals surface area contributed by atoms with Crippen molar-refractivity contribution in [3.63, 3.8) is 0 Å². The highest BCUT2D eigenvalue weighted by Gasteiger charge is 2.08. The number of hydrogen-bond acceptors (Lipinski definition) is 4. The Balaban J connectivity index is 2.08. The lowest BCUT2D eigenvalue weighted by molar-refractivity contribution is 0.0955. The van der Waals surface area contributed by atoms with Crippen LogP contribution in [-0.4, -0.2) is 24.3 Å². The van der Waals surface area contributed by atoms with Crippen LogP contribution in [-0.2, 0) is 0 Å². The number of phenolic OH excluding ortho intramolecular Hbond substituents is 1. The van der Waals surface area contributed by atoms with Crippen molar-refractivity contribution in [2.24, 2.45) is 5.10 Å². The molecule has 0 spiro atoms. The first-order valence-electron chi connectivity index (χ1n) is 6.48. The maximum atomic E-state index is 11.9. The first-order valence-corrected chi connectivity index (χ1v) is 7.27. The van der Waals surface area contributed by atoms with Crippen molar-refractivity contribution in [2.45, 2.75) is 6.92 Å². The summed E-state index contributed by atoms with van der Waals surface area (Å²) in [7, 11) is 1.46. The molecule has 22 heavy (non-hydrogen) atoms. The number of ether oxygens (including phenoxy) is 1. The van der Waals surface area contributed by atoms with E-state index in [1.54, 1.807) is 24.3 Å². The summed E-state index contributed by atoms with van der Waals surface area (Å²) in [5.41, 5.74) is 4.74. The topological polar surface area (TPSA) is 70.9 Å². The molecule has 0 aromatic heterocycles. The van der Waals surface area contributed by atoms with E-state index in [0.29, 0.717) is 21.3 Å². The van der Waals surface area contributed by atoms with Gasteiger partial charge in [0.2, 0.25) is 0 Å². The van der Waals surface area contributed by atoms with Gasteiger partial charge in [0.25, 0.3) is 5.91 Å². The summed E-state index contributed by atoms with van der Waals surface area (Å²) in [5.74, 6) is 0.0464. The molecule has 0 unspecified atom stereocenters. The minimum atomic E-state index is -0.291. The van der Waals surface area contributed by atoms with Gasteiger partial charge in [-0.1, -0.05) is 17.7 Å². The number of nitrogens with one attached hydrogen (secondary N) is 1. The van der Waals surface area contributed by atoms with Crippen molar-refractivity contribution >= 4 is 28.1 Å². The molecular formula is C16H15BrN2O3. The van der Waals surface area contributed by atoms with Crippen LogP contribution in [0.5, 0.6) is 11.5 Å². The molecule has 0 heterocycles. The Hall–Kier alpha value is -2.34. The normalized spacial score (nSPS) is 10.7. The Morgan fingerprint density at radius 2 is 2.00 bits per heavy atom. The lowest BCUT2D eigenvalue weighted by Gasteiger charge is -2.06. The van der Waals surface area contributed by atoms with E-state index < -0.39 is 0 Å². The number of phenols is 1. The van der Waals surface area contributed by atoms with Gasteiger partial charge in [-0.25, -0.2) is 5.43 Å². The van der Waals surface area contributed by atoms with Gasteiger partial charge in [0.1, 0.15) is 0 Å². The molecule has 0 aliphatic rings. The van der Waals surface area contributed by atoms with Crippen molar-refractivity contribution in [2.75, 3.05) is 7.11 Å². The molecule has 0 aliphatic heterocycles. The number of methoxy groups -OCH3 is 1. The second kappa shape index (κ2) is 7.09. The van der Waals surface area contributed by atoms with Crippen molar-refractivity contribution in [1.29, 1.82) is 0 Å². The number of aromatic hydroxyl groups is 1. The van der Waals surface area contributed by atoms with Gasteiger partial charge in [-0.15, -0.1) is 0 Å². The number of hydrazone groups is 1. The molecule has 2 aromatic rings. The van der Waals surface area contributed by atoms with Crippen LogP contribution in [0.25, 0.3) is 0 Å². The van der Waals surface area contributed by atoms with Crippen LogP contribution in [0.15, 0.2) is 46.0 Å². The van der Waals surface area contributed by atoms with Gasteiger partial charge < -0.3 is 9.84 Å². The number of carbonyl (C=O) groups is 1. The van der Waals surface area contributed by atoms with Crippen molar-refractivity contribution < 1.29 is 14.6 Å². The first kappa shape index (κ1) is 16.0. The van der Waals surface area contributed by atoms with Crippen LogP contribution in [0.3, 0.4) is 0 Å². The van der Waals surface area contributed by atoms with Crippen LogP contribution >= 0.6 is 15.9 Å². The third-order valence-electron chi connectivity index (χ3n) is 2.96. The molecule has 5 nitrogen and oxygen atoms in total. The number of amides is 1. The largest absolute Gasteiger partial charge is 0.503 e. The van der Waals surface area contributed by atoms with E-state index in [1.807, 2.05) is 19.1 Å². The minimum Gasteiger partial charge on any atom is -0.503 e. The fourth-order valence-corrected chi connectivity index (χ4v) is 2.22. The second-order valence-corrected chi connectivity index (χ2v) is 5.47. The van der Waals surface area contributed by atoms with Gasteiger partial charge >= 0.3 is 0 Å². The zero-order valence-electron chi connectivity index (χ0n) is 12.1. The monoisotopic (exact) mass is 362 g/mol. The molecule has 6 heteroatoms. The lowest BCUT2D eigenvalue weighted by Crippen LogP contribution is -2.17. The second-order valence-electron chi connectivity index (χ2n) is 4.62. The SMILES string of the molecule is COc1cc(C=NNC(=O)c2ccc(C)cc2)cc(Br)c1O. The molecule has 1 amide bonds. The molecule has 2 rings (SSSR count). The third-order valence-corrected chi connectivity index (χ3v) is 3.57. The first-order chi connectivity index (χ1) is 10.5. The molecule has 2 aromatic carbocycles. The smallest absolute Gasteiger partial charge is 0.271 e. The predicted molar refractivity (Wildman–Crippen MR) is 88.6 cm³/mol. The van der Waals surface area contributed by atoms with Gasteiger partial charge in [-0.3, -0.25) is 4.79 Å². The number of nitrogens with zero attached hydrogens (tertiary/aromatic N) is 1. The molecule has 0 saturated carbocycles. The summed E-state index contributed by atoms with van der Waals surface area (Å²) in [6.07, 6.45) is 1.47. The molecule has 0 saturated heterocycles. The fraction of sp³-hybridized carbons (Fsp3) is 0.125. The van der Waals surface area contributed by atoms with Crippen LogP contribution in [0.2, 0.25) is 0 Å². The van der Waals surface area contributed by atoms with E-state index in [-0.39, 0.29) is 11.7 Å². The lowest BCUT2D eigenvalue weighted by atomic mass is 10.1. The van der Waals surface area contributed by atoms with Gasteiger partial charge in [-0.05, 0) is 52.7 Å². The molecule has 0 atom stereocenters. The highest BCUT2D eigenvalue weighted by Crippen LogP contribution is 2.34. The standard InChI is InChI=1S/C16H15BrN2O3/c1-10-3-5-12(6-4-10)16(21)19-18-9-11-7-13(17)15(20)14(8-11)22-2/h3-9,20H,1-2H3,(H,19,21). The van der Waals surface area contributed by atoms with Gasteiger partial charge in [-0.2, -0.15) is 5.10 Å². The van der Waals surface area contributed by atoms with Crippen LogP contribution in [0, 0.1) is 6.92 Å². The van der Waals surface area contributed by atoms with E-state index >= 15 is 0 Å². The fourth-order valence-electron chi connectivity index (χ4n) is 1.76. The molecule has 2 N–H and O–H groups in total. The molecule has 0 fully saturated rings. The Bertz CT molecular complexity index is 712. The van der Waals surface area contributed by atoms with Crippen molar-refractivity contribution in [1.82, 2.24) is 5.43 Å². The Morgan fingerprint density at radius 3 is 2.64 bits per heavy atom. The average molecular weight is 363 g/mol. The van der Waals surface area contributed by atoms with E-state index in [0.717, 1.165) is 5.56 Å². The molecule has 0 radical (unpaired) electrons. The number of aryl methyl sites for hydroxylation is 1.